The highest BCUT2D eigenvalue weighted by molar-refractivity contribution is 5.89. The molecule has 4 aliphatic heterocycles. The molecule has 0 amide bonds. The van der Waals surface area contributed by atoms with Crippen LogP contribution in [-0.2, 0) is 23.8 Å². The van der Waals surface area contributed by atoms with Gasteiger partial charge >= 0.3 is 5.97 Å². The number of ether oxygens (including phenoxy) is 3. The summed E-state index contributed by atoms with van der Waals surface area (Å²) in [6.07, 6.45) is 1.65. The molecule has 0 aromatic carbocycles. The van der Waals surface area contributed by atoms with Crippen molar-refractivity contribution in [1.29, 1.82) is 0 Å². The van der Waals surface area contributed by atoms with Gasteiger partial charge in [-0.1, -0.05) is 0 Å². The van der Waals surface area contributed by atoms with Gasteiger partial charge in [0.15, 0.2) is 11.6 Å². The van der Waals surface area contributed by atoms with Crippen molar-refractivity contribution in [3.63, 3.8) is 0 Å². The van der Waals surface area contributed by atoms with Crippen molar-refractivity contribution in [2.75, 3.05) is 13.2 Å². The van der Waals surface area contributed by atoms with Crippen LogP contribution in [0.25, 0.3) is 0 Å². The van der Waals surface area contributed by atoms with E-state index in [9.17, 15) is 19.8 Å². The number of carbonyl (C=O) groups excluding carboxylic acids is 2. The lowest BCUT2D eigenvalue weighted by Crippen LogP contribution is -2.76. The summed E-state index contributed by atoms with van der Waals surface area (Å²) >= 11 is 0. The molecule has 2 saturated carbocycles. The smallest absolute Gasteiger partial charge is 0.318 e. The lowest BCUT2D eigenvalue weighted by atomic mass is 9.41. The number of rotatable bonds is 0. The third-order valence-corrected chi connectivity index (χ3v) is 8.92. The topological polar surface area (TPSA) is 102 Å². The molecule has 7 nitrogen and oxygen atoms in total. The van der Waals surface area contributed by atoms with Crippen LogP contribution in [0.5, 0.6) is 0 Å². The van der Waals surface area contributed by atoms with Crippen LogP contribution in [0.15, 0.2) is 11.6 Å². The van der Waals surface area contributed by atoms with E-state index in [4.69, 9.17) is 14.2 Å². The molecule has 1 spiro atoms. The maximum Gasteiger partial charge on any atom is 0.318 e. The van der Waals surface area contributed by atoms with Gasteiger partial charge in [-0.2, -0.15) is 0 Å². The van der Waals surface area contributed by atoms with Crippen LogP contribution in [0, 0.1) is 28.1 Å². The minimum atomic E-state index is -1.71. The lowest BCUT2D eigenvalue weighted by molar-refractivity contribution is -0.391. The number of aliphatic hydroxyl groups excluding tert-OH is 1. The summed E-state index contributed by atoms with van der Waals surface area (Å²) in [6.45, 7) is 3.94. The molecule has 0 radical (unpaired) electrons. The molecule has 2 bridgehead atoms. The number of ketones is 1. The first-order valence-electron chi connectivity index (χ1n) is 9.80. The standard InChI is InChI=1S/C20H24O7/c1-17-4-3-10-9(15(17)25-7-13(17)22)5-11-14-18(2,16(23)27-11)20(24)6-12(21)19(10,14)8-26-20/h5,10-12,14-15,21,24H,3-4,6-8H2,1-2H3. The molecule has 2 N–H and O–H groups in total. The fourth-order valence-corrected chi connectivity index (χ4v) is 7.36. The summed E-state index contributed by atoms with van der Waals surface area (Å²) in [7, 11) is 0. The zero-order chi connectivity index (χ0) is 19.0. The summed E-state index contributed by atoms with van der Waals surface area (Å²) < 4.78 is 17.5. The second-order valence-electron chi connectivity index (χ2n) is 9.74. The van der Waals surface area contributed by atoms with Gasteiger partial charge in [-0.15, -0.1) is 0 Å². The van der Waals surface area contributed by atoms with E-state index in [-0.39, 0.29) is 43.4 Å². The Hall–Kier alpha value is -1.28. The molecule has 6 fully saturated rings. The summed E-state index contributed by atoms with van der Waals surface area (Å²) in [5.41, 5.74) is -1.52. The van der Waals surface area contributed by atoms with Gasteiger partial charge in [-0.3, -0.25) is 9.59 Å². The van der Waals surface area contributed by atoms with E-state index in [0.29, 0.717) is 6.42 Å². The molecule has 7 aliphatic rings. The Morgan fingerprint density at radius 2 is 2.04 bits per heavy atom. The van der Waals surface area contributed by atoms with Crippen molar-refractivity contribution in [3.8, 4) is 0 Å². The third kappa shape index (κ3) is 1.48. The number of fused-ring (bicyclic) bond motifs is 5. The second kappa shape index (κ2) is 4.48. The Bertz CT molecular complexity index is 821. The van der Waals surface area contributed by atoms with Crippen molar-refractivity contribution >= 4 is 11.8 Å². The zero-order valence-electron chi connectivity index (χ0n) is 15.4. The molecule has 4 heterocycles. The van der Waals surface area contributed by atoms with Crippen molar-refractivity contribution < 1.29 is 34.0 Å². The Balaban J connectivity index is 1.57. The summed E-state index contributed by atoms with van der Waals surface area (Å²) in [4.78, 5) is 25.3. The fraction of sp³-hybridized carbons (Fsp3) is 0.800. The highest BCUT2D eigenvalue weighted by Crippen LogP contribution is 2.72. The van der Waals surface area contributed by atoms with Gasteiger partial charge in [0.25, 0.3) is 0 Å². The summed E-state index contributed by atoms with van der Waals surface area (Å²) in [5, 5.41) is 22.3. The highest BCUT2D eigenvalue weighted by Gasteiger charge is 2.82. The van der Waals surface area contributed by atoms with Gasteiger partial charge in [0.05, 0.1) is 24.2 Å². The van der Waals surface area contributed by atoms with E-state index in [1.54, 1.807) is 6.92 Å². The Kier molecular flexibility index (Phi) is 2.76. The number of Topliss-reactive ketones (excluding diaryl/α,β-unsaturated/α-hetero) is 1. The first-order valence-corrected chi connectivity index (χ1v) is 9.80. The molecular weight excluding hydrogens is 352 g/mol. The largest absolute Gasteiger partial charge is 0.457 e. The minimum absolute atomic E-state index is 0.00662. The van der Waals surface area contributed by atoms with E-state index < -0.39 is 40.2 Å². The van der Waals surface area contributed by atoms with Gasteiger partial charge in [-0.25, -0.2) is 0 Å². The van der Waals surface area contributed by atoms with Gasteiger partial charge in [0.1, 0.15) is 18.1 Å². The first-order chi connectivity index (χ1) is 12.7. The van der Waals surface area contributed by atoms with Gasteiger partial charge in [-0.05, 0) is 44.3 Å². The first kappa shape index (κ1) is 16.7. The molecule has 3 aliphatic carbocycles. The van der Waals surface area contributed by atoms with Crippen molar-refractivity contribution in [3.05, 3.63) is 11.6 Å². The Morgan fingerprint density at radius 1 is 1.26 bits per heavy atom. The molecule has 0 aromatic rings. The Labute approximate surface area is 156 Å². The molecule has 7 rings (SSSR count). The quantitative estimate of drug-likeness (QED) is 0.464. The van der Waals surface area contributed by atoms with Crippen LogP contribution in [0.3, 0.4) is 0 Å². The van der Waals surface area contributed by atoms with E-state index in [1.165, 1.54) is 0 Å². The molecule has 9 unspecified atom stereocenters. The average Bonchev–Trinajstić information content (AvgIpc) is 3.06. The SMILES string of the molecule is CC12CCC3C(=CC4OC(=O)C5(C)C4C34COC5(O)CC4O)C1OCC2=O. The highest BCUT2D eigenvalue weighted by atomic mass is 16.6. The molecule has 7 heteroatoms. The fourth-order valence-electron chi connectivity index (χ4n) is 7.36. The van der Waals surface area contributed by atoms with Gasteiger partial charge in [0.2, 0.25) is 0 Å². The van der Waals surface area contributed by atoms with Crippen LogP contribution < -0.4 is 0 Å². The number of aliphatic hydroxyl groups is 2. The maximum absolute atomic E-state index is 12.9. The normalized spacial score (nSPS) is 60.4. The molecule has 0 aromatic heterocycles. The zero-order valence-corrected chi connectivity index (χ0v) is 15.4. The van der Waals surface area contributed by atoms with E-state index in [0.717, 1.165) is 12.0 Å². The summed E-state index contributed by atoms with van der Waals surface area (Å²) in [6, 6.07) is 0. The monoisotopic (exact) mass is 376 g/mol. The summed E-state index contributed by atoms with van der Waals surface area (Å²) in [5.74, 6) is -2.48. The molecule has 27 heavy (non-hydrogen) atoms. The number of hydrogen-bond donors (Lipinski definition) is 2. The van der Waals surface area contributed by atoms with Crippen LogP contribution in [0.4, 0.5) is 0 Å². The molecule has 146 valence electrons. The Morgan fingerprint density at radius 3 is 2.78 bits per heavy atom. The van der Waals surface area contributed by atoms with Crippen molar-refractivity contribution in [2.45, 2.75) is 57.2 Å². The average molecular weight is 376 g/mol. The molecule has 4 saturated heterocycles. The predicted molar refractivity (Wildman–Crippen MR) is 89.1 cm³/mol. The predicted octanol–water partition coefficient (Wildman–Crippen LogP) is 0.328. The second-order valence-corrected chi connectivity index (χ2v) is 9.74. The number of esters is 1. The van der Waals surface area contributed by atoms with Crippen LogP contribution >= 0.6 is 0 Å². The minimum Gasteiger partial charge on any atom is -0.457 e. The van der Waals surface area contributed by atoms with Crippen molar-refractivity contribution in [1.82, 2.24) is 0 Å². The van der Waals surface area contributed by atoms with E-state index in [2.05, 4.69) is 0 Å². The van der Waals surface area contributed by atoms with Gasteiger partial charge in [0, 0.05) is 17.8 Å². The third-order valence-electron chi connectivity index (χ3n) is 8.92. The van der Waals surface area contributed by atoms with Crippen molar-refractivity contribution in [2.24, 2.45) is 28.1 Å². The van der Waals surface area contributed by atoms with E-state index >= 15 is 0 Å². The number of carbonyl (C=O) groups is 2. The lowest BCUT2D eigenvalue weighted by Gasteiger charge is -2.67. The van der Waals surface area contributed by atoms with Crippen LogP contribution in [0.2, 0.25) is 0 Å². The van der Waals surface area contributed by atoms with Gasteiger partial charge < -0.3 is 24.4 Å². The van der Waals surface area contributed by atoms with Crippen LogP contribution in [-0.4, -0.2) is 59.3 Å². The molecule has 9 atom stereocenters. The molecular formula is C20H24O7. The maximum atomic E-state index is 12.9. The van der Waals surface area contributed by atoms with Crippen LogP contribution in [0.1, 0.15) is 33.1 Å². The number of hydrogen-bond acceptors (Lipinski definition) is 7. The van der Waals surface area contributed by atoms with E-state index in [1.807, 2.05) is 13.0 Å².